The normalized spacial score (nSPS) is 21.2. The molecule has 33 heavy (non-hydrogen) atoms. The number of ether oxygens (including phenoxy) is 2. The molecule has 0 saturated carbocycles. The van der Waals surface area contributed by atoms with Crippen LogP contribution in [0.25, 0.3) is 5.57 Å². The van der Waals surface area contributed by atoms with E-state index in [0.717, 1.165) is 23.3 Å². The summed E-state index contributed by atoms with van der Waals surface area (Å²) in [6, 6.07) is 17.4. The number of morpholine rings is 1. The van der Waals surface area contributed by atoms with E-state index in [-0.39, 0.29) is 24.0 Å². The van der Waals surface area contributed by atoms with Crippen molar-refractivity contribution in [2.75, 3.05) is 26.2 Å². The highest BCUT2D eigenvalue weighted by molar-refractivity contribution is 6.35. The Balaban J connectivity index is 1.65. The summed E-state index contributed by atoms with van der Waals surface area (Å²) in [5.41, 5.74) is 2.79. The first-order valence-corrected chi connectivity index (χ1v) is 11.8. The first-order chi connectivity index (χ1) is 16.0. The van der Waals surface area contributed by atoms with E-state index in [1.54, 1.807) is 0 Å². The van der Waals surface area contributed by atoms with Crippen LogP contribution in [0.5, 0.6) is 5.75 Å². The van der Waals surface area contributed by atoms with Crippen LogP contribution in [0.1, 0.15) is 38.3 Å². The second kappa shape index (κ2) is 10.2. The van der Waals surface area contributed by atoms with Gasteiger partial charge in [-0.2, -0.15) is 0 Å². The number of amides is 2. The fourth-order valence-corrected chi connectivity index (χ4v) is 4.50. The number of hydrogen-bond acceptors (Lipinski definition) is 5. The smallest absolute Gasteiger partial charge is 0.277 e. The second-order valence-corrected chi connectivity index (χ2v) is 8.76. The molecule has 2 atom stereocenters. The van der Waals surface area contributed by atoms with Crippen molar-refractivity contribution in [3.05, 3.63) is 71.4 Å². The standard InChI is InChI=1S/C27H32N2O4/c1-4-16-32-23-12-10-22(11-13-23)24-25(28-17-19(2)33-20(3)18-28)27(31)29(26(24)30)15-14-21-8-6-5-7-9-21/h5-13,19-20H,4,14-18H2,1-3H3. The minimum absolute atomic E-state index is 0.0198. The maximum Gasteiger partial charge on any atom is 0.277 e. The number of carbonyl (C=O) groups is 2. The largest absolute Gasteiger partial charge is 0.494 e. The molecule has 2 aliphatic rings. The Morgan fingerprint density at radius 3 is 2.24 bits per heavy atom. The lowest BCUT2D eigenvalue weighted by molar-refractivity contribution is -0.138. The van der Waals surface area contributed by atoms with E-state index in [2.05, 4.69) is 6.92 Å². The monoisotopic (exact) mass is 448 g/mol. The van der Waals surface area contributed by atoms with E-state index < -0.39 is 0 Å². The van der Waals surface area contributed by atoms with Crippen LogP contribution < -0.4 is 4.74 Å². The molecule has 0 bridgehead atoms. The van der Waals surface area contributed by atoms with Crippen LogP contribution in [0.3, 0.4) is 0 Å². The molecule has 6 heteroatoms. The van der Waals surface area contributed by atoms with Crippen LogP contribution in [0.2, 0.25) is 0 Å². The Morgan fingerprint density at radius 1 is 0.939 bits per heavy atom. The number of imide groups is 1. The molecule has 0 N–H and O–H groups in total. The number of nitrogens with zero attached hydrogens (tertiary/aromatic N) is 2. The second-order valence-electron chi connectivity index (χ2n) is 8.76. The van der Waals surface area contributed by atoms with Crippen molar-refractivity contribution in [3.63, 3.8) is 0 Å². The zero-order valence-electron chi connectivity index (χ0n) is 19.6. The summed E-state index contributed by atoms with van der Waals surface area (Å²) in [4.78, 5) is 30.6. The molecular formula is C27H32N2O4. The lowest BCUT2D eigenvalue weighted by atomic mass is 10.0. The van der Waals surface area contributed by atoms with Gasteiger partial charge in [-0.3, -0.25) is 14.5 Å². The molecule has 2 aromatic carbocycles. The highest BCUT2D eigenvalue weighted by Crippen LogP contribution is 2.34. The quantitative estimate of drug-likeness (QED) is 0.573. The molecule has 2 aliphatic heterocycles. The fourth-order valence-electron chi connectivity index (χ4n) is 4.50. The molecule has 2 heterocycles. The molecule has 2 unspecified atom stereocenters. The van der Waals surface area contributed by atoms with Crippen LogP contribution in [0.4, 0.5) is 0 Å². The van der Waals surface area contributed by atoms with Gasteiger partial charge in [0.1, 0.15) is 11.4 Å². The lowest BCUT2D eigenvalue weighted by Gasteiger charge is -2.37. The van der Waals surface area contributed by atoms with Gasteiger partial charge in [0.05, 0.1) is 24.4 Å². The summed E-state index contributed by atoms with van der Waals surface area (Å²) >= 11 is 0. The van der Waals surface area contributed by atoms with Crippen LogP contribution >= 0.6 is 0 Å². The van der Waals surface area contributed by atoms with Crippen molar-refractivity contribution in [2.45, 2.75) is 45.8 Å². The average Bonchev–Trinajstić information content (AvgIpc) is 3.06. The average molecular weight is 449 g/mol. The predicted octanol–water partition coefficient (Wildman–Crippen LogP) is 3.91. The van der Waals surface area contributed by atoms with E-state index in [1.807, 2.05) is 73.3 Å². The van der Waals surface area contributed by atoms with E-state index >= 15 is 0 Å². The van der Waals surface area contributed by atoms with Gasteiger partial charge in [0, 0.05) is 19.6 Å². The number of rotatable bonds is 8. The molecule has 1 fully saturated rings. The maximum atomic E-state index is 13.6. The molecule has 2 amide bonds. The Hall–Kier alpha value is -3.12. The van der Waals surface area contributed by atoms with E-state index in [0.29, 0.717) is 43.9 Å². The fraction of sp³-hybridized carbons (Fsp3) is 0.407. The Labute approximate surface area is 195 Å². The van der Waals surface area contributed by atoms with Gasteiger partial charge >= 0.3 is 0 Å². The molecule has 0 aromatic heterocycles. The van der Waals surface area contributed by atoms with E-state index in [9.17, 15) is 9.59 Å². The Morgan fingerprint density at radius 2 is 1.61 bits per heavy atom. The predicted molar refractivity (Wildman–Crippen MR) is 128 cm³/mol. The topological polar surface area (TPSA) is 59.1 Å². The van der Waals surface area contributed by atoms with Gasteiger partial charge < -0.3 is 14.4 Å². The lowest BCUT2D eigenvalue weighted by Crippen LogP contribution is -2.47. The van der Waals surface area contributed by atoms with Crippen molar-refractivity contribution in [2.24, 2.45) is 0 Å². The highest BCUT2D eigenvalue weighted by atomic mass is 16.5. The summed E-state index contributed by atoms with van der Waals surface area (Å²) in [5.74, 6) is 0.299. The Bertz CT molecular complexity index is 1010. The molecule has 0 spiro atoms. The van der Waals surface area contributed by atoms with Crippen LogP contribution in [0, 0.1) is 0 Å². The third-order valence-corrected chi connectivity index (χ3v) is 5.96. The van der Waals surface area contributed by atoms with E-state index in [4.69, 9.17) is 9.47 Å². The van der Waals surface area contributed by atoms with Crippen molar-refractivity contribution < 1.29 is 19.1 Å². The van der Waals surface area contributed by atoms with Gasteiger partial charge in [0.25, 0.3) is 11.8 Å². The summed E-state index contributed by atoms with van der Waals surface area (Å²) in [7, 11) is 0. The summed E-state index contributed by atoms with van der Waals surface area (Å²) in [6.07, 6.45) is 1.51. The summed E-state index contributed by atoms with van der Waals surface area (Å²) < 4.78 is 11.6. The number of benzene rings is 2. The van der Waals surface area contributed by atoms with Crippen LogP contribution in [-0.2, 0) is 20.7 Å². The van der Waals surface area contributed by atoms with Gasteiger partial charge in [0.15, 0.2) is 0 Å². The molecule has 174 valence electrons. The van der Waals surface area contributed by atoms with Crippen molar-refractivity contribution >= 4 is 17.4 Å². The van der Waals surface area contributed by atoms with Crippen molar-refractivity contribution in [3.8, 4) is 5.75 Å². The molecular weight excluding hydrogens is 416 g/mol. The van der Waals surface area contributed by atoms with Gasteiger partial charge in [-0.05, 0) is 49.9 Å². The highest BCUT2D eigenvalue weighted by Gasteiger charge is 2.42. The number of carbonyl (C=O) groups excluding carboxylic acids is 2. The molecule has 6 nitrogen and oxygen atoms in total. The van der Waals surface area contributed by atoms with Crippen LogP contribution in [0.15, 0.2) is 60.3 Å². The third-order valence-electron chi connectivity index (χ3n) is 5.96. The van der Waals surface area contributed by atoms with E-state index in [1.165, 1.54) is 4.90 Å². The molecule has 0 aliphatic carbocycles. The van der Waals surface area contributed by atoms with Gasteiger partial charge in [0.2, 0.25) is 0 Å². The van der Waals surface area contributed by atoms with Gasteiger partial charge in [-0.15, -0.1) is 0 Å². The number of hydrogen-bond donors (Lipinski definition) is 0. The molecule has 0 radical (unpaired) electrons. The van der Waals surface area contributed by atoms with Gasteiger partial charge in [-0.25, -0.2) is 0 Å². The van der Waals surface area contributed by atoms with Crippen molar-refractivity contribution in [1.82, 2.24) is 9.80 Å². The minimum atomic E-state index is -0.236. The maximum absolute atomic E-state index is 13.6. The zero-order valence-corrected chi connectivity index (χ0v) is 19.6. The SMILES string of the molecule is CCCOc1ccc(C2=C(N3CC(C)OC(C)C3)C(=O)N(CCc3ccccc3)C2=O)cc1. The minimum Gasteiger partial charge on any atom is -0.494 e. The first-order valence-electron chi connectivity index (χ1n) is 11.8. The van der Waals surface area contributed by atoms with Crippen molar-refractivity contribution in [1.29, 1.82) is 0 Å². The Kier molecular flexibility index (Phi) is 7.14. The molecule has 1 saturated heterocycles. The third kappa shape index (κ3) is 5.11. The molecule has 4 rings (SSSR count). The first kappa shape index (κ1) is 23.1. The molecule has 2 aromatic rings. The summed E-state index contributed by atoms with van der Waals surface area (Å²) in [5, 5.41) is 0. The van der Waals surface area contributed by atoms with Crippen LogP contribution in [-0.4, -0.2) is 60.1 Å². The zero-order chi connectivity index (χ0) is 23.4. The summed E-state index contributed by atoms with van der Waals surface area (Å²) in [6.45, 7) is 8.19. The van der Waals surface area contributed by atoms with Gasteiger partial charge in [-0.1, -0.05) is 49.4 Å².